The van der Waals surface area contributed by atoms with Crippen LogP contribution in [-0.4, -0.2) is 193 Å². The molecule has 17 unspecified atom stereocenters. The summed E-state index contributed by atoms with van der Waals surface area (Å²) in [6.45, 7) is 1.65. The van der Waals surface area contributed by atoms with Crippen molar-refractivity contribution in [2.45, 2.75) is 298 Å². The average molecular weight is 1100 g/mol. The first-order chi connectivity index (χ1) is 37.3. The number of aliphatic hydroxyl groups excluding tert-OH is 11. The molecule has 77 heavy (non-hydrogen) atoms. The van der Waals surface area contributed by atoms with Crippen LogP contribution in [-0.2, 0) is 33.2 Å². The van der Waals surface area contributed by atoms with E-state index in [9.17, 15) is 61.0 Å². The highest BCUT2D eigenvalue weighted by Crippen LogP contribution is 2.33. The van der Waals surface area contributed by atoms with Crippen molar-refractivity contribution in [1.82, 2.24) is 5.32 Å². The monoisotopic (exact) mass is 1100 g/mol. The van der Waals surface area contributed by atoms with Crippen LogP contribution in [0.5, 0.6) is 0 Å². The number of aliphatic hydroxyl groups is 11. The van der Waals surface area contributed by atoms with Gasteiger partial charge < -0.3 is 89.9 Å². The molecular formula is C58H105NO18. The van der Waals surface area contributed by atoms with Crippen molar-refractivity contribution in [1.29, 1.82) is 0 Å². The van der Waals surface area contributed by atoms with E-state index in [1.807, 2.05) is 6.08 Å². The van der Waals surface area contributed by atoms with Crippen LogP contribution in [0.15, 0.2) is 36.5 Å². The Bertz CT molecular complexity index is 1550. The molecule has 1 amide bonds. The van der Waals surface area contributed by atoms with E-state index in [1.54, 1.807) is 6.08 Å². The molecule has 3 heterocycles. The van der Waals surface area contributed by atoms with E-state index in [0.29, 0.717) is 12.8 Å². The zero-order chi connectivity index (χ0) is 56.2. The van der Waals surface area contributed by atoms with Crippen LogP contribution >= 0.6 is 0 Å². The summed E-state index contributed by atoms with van der Waals surface area (Å²) in [5.74, 6) is -0.294. The van der Waals surface area contributed by atoms with Gasteiger partial charge in [0, 0.05) is 6.42 Å². The Labute approximate surface area is 460 Å². The zero-order valence-electron chi connectivity index (χ0n) is 46.7. The van der Waals surface area contributed by atoms with Gasteiger partial charge in [-0.05, 0) is 44.9 Å². The van der Waals surface area contributed by atoms with Crippen molar-refractivity contribution in [2.24, 2.45) is 0 Å². The minimum absolute atomic E-state index is 0.233. The third-order valence-corrected chi connectivity index (χ3v) is 14.9. The fraction of sp³-hybridized carbons (Fsp3) is 0.879. The first kappa shape index (κ1) is 69.3. The van der Waals surface area contributed by atoms with Gasteiger partial charge in [0.25, 0.3) is 0 Å². The number of hydrogen-bond acceptors (Lipinski definition) is 18. The van der Waals surface area contributed by atoms with E-state index < -0.39 is 124 Å². The number of amides is 1. The van der Waals surface area contributed by atoms with Crippen LogP contribution in [0.1, 0.15) is 194 Å². The lowest BCUT2D eigenvalue weighted by atomic mass is 9.96. The summed E-state index contributed by atoms with van der Waals surface area (Å²) in [5.41, 5.74) is 0. The molecular weight excluding hydrogens is 999 g/mol. The summed E-state index contributed by atoms with van der Waals surface area (Å²) in [7, 11) is 0. The lowest BCUT2D eigenvalue weighted by Crippen LogP contribution is -2.66. The van der Waals surface area contributed by atoms with Gasteiger partial charge in [0.1, 0.15) is 73.2 Å². The third-order valence-electron chi connectivity index (χ3n) is 14.9. The molecule has 0 aliphatic carbocycles. The highest BCUT2D eigenvalue weighted by Gasteiger charge is 2.53. The molecule has 19 nitrogen and oxygen atoms in total. The minimum atomic E-state index is -1.98. The van der Waals surface area contributed by atoms with Gasteiger partial charge >= 0.3 is 0 Å². The minimum Gasteiger partial charge on any atom is -0.394 e. The van der Waals surface area contributed by atoms with Gasteiger partial charge in [-0.15, -0.1) is 0 Å². The Morgan fingerprint density at radius 1 is 0.455 bits per heavy atom. The Kier molecular flexibility index (Phi) is 37.7. The fourth-order valence-corrected chi connectivity index (χ4v) is 9.99. The number of carbonyl (C=O) groups excluding carboxylic acids is 1. The molecule has 0 aromatic rings. The Hall–Kier alpha value is -1.99. The second-order valence-corrected chi connectivity index (χ2v) is 21.4. The number of rotatable bonds is 43. The number of allylic oxidation sites excluding steroid dienone is 5. The van der Waals surface area contributed by atoms with Crippen LogP contribution in [0.3, 0.4) is 0 Å². The molecule has 3 fully saturated rings. The molecule has 3 saturated heterocycles. The summed E-state index contributed by atoms with van der Waals surface area (Å²) < 4.78 is 34.1. The van der Waals surface area contributed by atoms with Gasteiger partial charge in [-0.25, -0.2) is 0 Å². The molecule has 0 radical (unpaired) electrons. The number of hydrogen-bond donors (Lipinski definition) is 12. The highest BCUT2D eigenvalue weighted by atomic mass is 16.8. The summed E-state index contributed by atoms with van der Waals surface area (Å²) in [4.78, 5) is 13.2. The molecule has 17 atom stereocenters. The second-order valence-electron chi connectivity index (χ2n) is 21.4. The number of unbranched alkanes of at least 4 members (excludes halogenated alkanes) is 23. The number of nitrogens with one attached hydrogen (secondary N) is 1. The first-order valence-corrected chi connectivity index (χ1v) is 29.7. The van der Waals surface area contributed by atoms with Crippen LogP contribution < -0.4 is 5.32 Å². The summed E-state index contributed by atoms with van der Waals surface area (Å²) in [5, 5.41) is 120. The molecule has 0 aromatic heterocycles. The van der Waals surface area contributed by atoms with Crippen LogP contribution in [0.25, 0.3) is 0 Å². The quantitative estimate of drug-likeness (QED) is 0.0285. The van der Waals surface area contributed by atoms with E-state index in [4.69, 9.17) is 28.4 Å². The van der Waals surface area contributed by atoms with Crippen molar-refractivity contribution in [3.63, 3.8) is 0 Å². The van der Waals surface area contributed by atoms with Crippen molar-refractivity contribution in [2.75, 3.05) is 26.4 Å². The van der Waals surface area contributed by atoms with Crippen LogP contribution in [0, 0.1) is 0 Å². The molecule has 3 rings (SSSR count). The summed E-state index contributed by atoms with van der Waals surface area (Å²) in [6, 6.07) is -0.991. The van der Waals surface area contributed by atoms with Gasteiger partial charge in [0.05, 0.1) is 38.6 Å². The molecule has 0 saturated carbocycles. The molecule has 450 valence electrons. The Morgan fingerprint density at radius 3 is 1.30 bits per heavy atom. The normalized spacial score (nSPS) is 30.9. The smallest absolute Gasteiger partial charge is 0.220 e. The maximum Gasteiger partial charge on any atom is 0.220 e. The van der Waals surface area contributed by atoms with Crippen molar-refractivity contribution < 1.29 is 89.4 Å². The van der Waals surface area contributed by atoms with E-state index in [0.717, 1.165) is 44.9 Å². The lowest BCUT2D eigenvalue weighted by Gasteiger charge is -2.48. The van der Waals surface area contributed by atoms with Gasteiger partial charge in [-0.3, -0.25) is 4.79 Å². The van der Waals surface area contributed by atoms with E-state index in [-0.39, 0.29) is 18.9 Å². The standard InChI is InChI=1S/C58H105NO18/c1-3-5-7-9-11-13-14-15-16-17-18-19-20-21-22-23-24-25-26-28-29-31-33-35-42(63)41(59-46(64)36-34-32-30-27-12-10-8-6-4-2)40-72-56-52(70)49(67)54(44(38-61)74-56)77-58-53(71)50(68)55(45(39-62)75-58)76-57-51(69)48(66)47(65)43(37-60)73-57/h22-23,26,28,33,35,41-45,47-58,60-63,65-71H,3-21,24-25,27,29-32,34,36-40H2,1-2H3,(H,59,64)/b23-22+,28-26+,35-33+. The predicted octanol–water partition coefficient (Wildman–Crippen LogP) is 4.93. The van der Waals surface area contributed by atoms with Gasteiger partial charge in [0.2, 0.25) is 5.91 Å². The zero-order valence-corrected chi connectivity index (χ0v) is 46.7. The average Bonchev–Trinajstić information content (AvgIpc) is 3.42. The number of ether oxygens (including phenoxy) is 6. The van der Waals surface area contributed by atoms with Crippen molar-refractivity contribution in [3.05, 3.63) is 36.5 Å². The summed E-state index contributed by atoms with van der Waals surface area (Å²) >= 11 is 0. The van der Waals surface area contributed by atoms with Crippen LogP contribution in [0.4, 0.5) is 0 Å². The molecule has 0 bridgehead atoms. The molecule has 19 heteroatoms. The fourth-order valence-electron chi connectivity index (χ4n) is 9.99. The summed E-state index contributed by atoms with van der Waals surface area (Å²) in [6.07, 6.45) is 17.3. The van der Waals surface area contributed by atoms with Crippen molar-refractivity contribution >= 4 is 5.91 Å². The molecule has 0 aromatic carbocycles. The third kappa shape index (κ3) is 26.2. The van der Waals surface area contributed by atoms with Gasteiger partial charge in [-0.1, -0.05) is 179 Å². The second kappa shape index (κ2) is 41.9. The molecule has 3 aliphatic rings. The predicted molar refractivity (Wildman–Crippen MR) is 291 cm³/mol. The highest BCUT2D eigenvalue weighted by molar-refractivity contribution is 5.76. The lowest BCUT2D eigenvalue weighted by molar-refractivity contribution is -0.379. The Morgan fingerprint density at radius 2 is 0.831 bits per heavy atom. The van der Waals surface area contributed by atoms with Crippen molar-refractivity contribution in [3.8, 4) is 0 Å². The molecule has 0 spiro atoms. The van der Waals surface area contributed by atoms with Crippen LogP contribution in [0.2, 0.25) is 0 Å². The van der Waals surface area contributed by atoms with E-state index in [1.165, 1.54) is 116 Å². The topological polar surface area (TPSA) is 307 Å². The van der Waals surface area contributed by atoms with Gasteiger partial charge in [0.15, 0.2) is 18.9 Å². The molecule has 3 aliphatic heterocycles. The molecule has 12 N–H and O–H groups in total. The Balaban J connectivity index is 1.49. The van der Waals surface area contributed by atoms with E-state index >= 15 is 0 Å². The maximum atomic E-state index is 13.2. The maximum absolute atomic E-state index is 13.2. The van der Waals surface area contributed by atoms with Gasteiger partial charge in [-0.2, -0.15) is 0 Å². The number of carbonyl (C=O) groups is 1. The SMILES string of the molecule is CCCCCCCCCCCCCCC/C=C/CC/C=C/CC/C=C/C(O)C(COC1OC(CO)C(OC2OC(CO)C(OC3OC(CO)C(O)C(O)C3O)C(O)C2O)C(O)C1O)NC(=O)CCCCCCCCCCC. The van der Waals surface area contributed by atoms with E-state index in [2.05, 4.69) is 43.5 Å². The largest absolute Gasteiger partial charge is 0.394 e. The first-order valence-electron chi connectivity index (χ1n) is 29.7.